The molecule has 1 aromatic rings. The maximum absolute atomic E-state index is 11.9. The SMILES string of the molecule is N#CC1CNCCN1C(=O)c1cncs1. The maximum atomic E-state index is 11.9. The molecular formula is C9H10N4OS. The lowest BCUT2D eigenvalue weighted by Gasteiger charge is -2.31. The first-order valence-electron chi connectivity index (χ1n) is 4.62. The van der Waals surface area contributed by atoms with Gasteiger partial charge in [-0.05, 0) is 0 Å². The molecule has 1 aliphatic heterocycles. The van der Waals surface area contributed by atoms with Crippen molar-refractivity contribution >= 4 is 17.2 Å². The van der Waals surface area contributed by atoms with Crippen LogP contribution in [0.15, 0.2) is 11.7 Å². The van der Waals surface area contributed by atoms with E-state index in [1.54, 1.807) is 16.6 Å². The van der Waals surface area contributed by atoms with Gasteiger partial charge < -0.3 is 10.2 Å². The summed E-state index contributed by atoms with van der Waals surface area (Å²) in [5.74, 6) is -0.0921. The van der Waals surface area contributed by atoms with Gasteiger partial charge in [0.15, 0.2) is 0 Å². The van der Waals surface area contributed by atoms with Crippen LogP contribution in [0.25, 0.3) is 0 Å². The predicted octanol–water partition coefficient (Wildman–Crippen LogP) is 0.0807. The van der Waals surface area contributed by atoms with E-state index in [2.05, 4.69) is 16.4 Å². The molecule has 0 spiro atoms. The average Bonchev–Trinajstić information content (AvgIpc) is 2.81. The molecule has 1 aromatic heterocycles. The molecule has 1 amide bonds. The molecule has 2 heterocycles. The summed E-state index contributed by atoms with van der Waals surface area (Å²) in [5, 5.41) is 12.0. The standard InChI is InChI=1S/C9H10N4OS/c10-3-7-4-11-1-2-13(7)9(14)8-5-12-6-15-8/h5-7,11H,1-2,4H2. The number of aromatic nitrogens is 1. The molecule has 1 atom stereocenters. The molecule has 1 unspecified atom stereocenters. The molecule has 0 radical (unpaired) electrons. The van der Waals surface area contributed by atoms with E-state index < -0.39 is 0 Å². The topological polar surface area (TPSA) is 69.0 Å². The van der Waals surface area contributed by atoms with E-state index in [0.29, 0.717) is 18.0 Å². The van der Waals surface area contributed by atoms with Crippen molar-refractivity contribution in [2.75, 3.05) is 19.6 Å². The smallest absolute Gasteiger partial charge is 0.266 e. The first-order valence-corrected chi connectivity index (χ1v) is 5.50. The lowest BCUT2D eigenvalue weighted by molar-refractivity contribution is 0.0692. The molecule has 0 aromatic carbocycles. The van der Waals surface area contributed by atoms with Crippen LogP contribution in [0.5, 0.6) is 0 Å². The lowest BCUT2D eigenvalue weighted by atomic mass is 10.2. The van der Waals surface area contributed by atoms with E-state index in [9.17, 15) is 4.79 Å². The van der Waals surface area contributed by atoms with Crippen LogP contribution in [0.3, 0.4) is 0 Å². The fraction of sp³-hybridized carbons (Fsp3) is 0.444. The highest BCUT2D eigenvalue weighted by Gasteiger charge is 2.27. The molecule has 1 saturated heterocycles. The van der Waals surface area contributed by atoms with Crippen molar-refractivity contribution < 1.29 is 4.79 Å². The maximum Gasteiger partial charge on any atom is 0.266 e. The Kier molecular flexibility index (Phi) is 2.94. The van der Waals surface area contributed by atoms with Crippen molar-refractivity contribution in [3.63, 3.8) is 0 Å². The second-order valence-electron chi connectivity index (χ2n) is 3.21. The molecule has 5 nitrogen and oxygen atoms in total. The highest BCUT2D eigenvalue weighted by Crippen LogP contribution is 2.13. The number of hydrogen-bond donors (Lipinski definition) is 1. The van der Waals surface area contributed by atoms with E-state index in [0.717, 1.165) is 6.54 Å². The van der Waals surface area contributed by atoms with Gasteiger partial charge in [-0.3, -0.25) is 9.78 Å². The third-order valence-corrected chi connectivity index (χ3v) is 3.06. The molecule has 0 bridgehead atoms. The predicted molar refractivity (Wildman–Crippen MR) is 55.4 cm³/mol. The minimum Gasteiger partial charge on any atom is -0.319 e. The Morgan fingerprint density at radius 3 is 3.33 bits per heavy atom. The number of rotatable bonds is 1. The van der Waals surface area contributed by atoms with Crippen LogP contribution in [0.1, 0.15) is 9.67 Å². The van der Waals surface area contributed by atoms with Gasteiger partial charge in [0, 0.05) is 19.6 Å². The summed E-state index contributed by atoms with van der Waals surface area (Å²) < 4.78 is 0. The zero-order valence-electron chi connectivity index (χ0n) is 8.01. The summed E-state index contributed by atoms with van der Waals surface area (Å²) >= 11 is 1.31. The highest BCUT2D eigenvalue weighted by atomic mass is 32.1. The van der Waals surface area contributed by atoms with E-state index >= 15 is 0 Å². The molecule has 1 fully saturated rings. The number of carbonyl (C=O) groups excluding carboxylic acids is 1. The Balaban J connectivity index is 2.15. The Morgan fingerprint density at radius 1 is 1.80 bits per heavy atom. The van der Waals surface area contributed by atoms with Gasteiger partial charge in [-0.25, -0.2) is 0 Å². The first kappa shape index (κ1) is 10.1. The molecule has 0 aliphatic carbocycles. The molecule has 78 valence electrons. The zero-order valence-corrected chi connectivity index (χ0v) is 8.83. The number of amides is 1. The lowest BCUT2D eigenvalue weighted by Crippen LogP contribution is -2.52. The molecule has 0 saturated carbocycles. The molecular weight excluding hydrogens is 212 g/mol. The number of nitrogens with zero attached hydrogens (tertiary/aromatic N) is 3. The van der Waals surface area contributed by atoms with Crippen LogP contribution in [0, 0.1) is 11.3 Å². The van der Waals surface area contributed by atoms with Gasteiger partial charge >= 0.3 is 0 Å². The van der Waals surface area contributed by atoms with Crippen LogP contribution in [0.4, 0.5) is 0 Å². The Bertz CT molecular complexity index is 383. The summed E-state index contributed by atoms with van der Waals surface area (Å²) in [7, 11) is 0. The molecule has 1 N–H and O–H groups in total. The van der Waals surface area contributed by atoms with Crippen molar-refractivity contribution in [1.82, 2.24) is 15.2 Å². The molecule has 2 rings (SSSR count). The fourth-order valence-electron chi connectivity index (χ4n) is 1.53. The minimum atomic E-state index is -0.367. The normalized spacial score (nSPS) is 21.0. The van der Waals surface area contributed by atoms with Crippen LogP contribution in [0.2, 0.25) is 0 Å². The minimum absolute atomic E-state index is 0.0921. The van der Waals surface area contributed by atoms with Gasteiger partial charge in [0.1, 0.15) is 10.9 Å². The third-order valence-electron chi connectivity index (χ3n) is 2.30. The average molecular weight is 222 g/mol. The zero-order chi connectivity index (χ0) is 10.7. The number of nitrogens with one attached hydrogen (secondary N) is 1. The van der Waals surface area contributed by atoms with E-state index in [1.807, 2.05) is 0 Å². The number of nitriles is 1. The van der Waals surface area contributed by atoms with Gasteiger partial charge in [0.2, 0.25) is 0 Å². The number of hydrogen-bond acceptors (Lipinski definition) is 5. The second-order valence-corrected chi connectivity index (χ2v) is 4.10. The molecule has 1 aliphatic rings. The third kappa shape index (κ3) is 1.98. The van der Waals surface area contributed by atoms with Crippen LogP contribution in [-0.4, -0.2) is 41.5 Å². The first-order chi connectivity index (χ1) is 7.33. The summed E-state index contributed by atoms with van der Waals surface area (Å²) in [6, 6.07) is 1.76. The van der Waals surface area contributed by atoms with Crippen molar-refractivity contribution in [2.24, 2.45) is 0 Å². The quantitative estimate of drug-likeness (QED) is 0.730. The van der Waals surface area contributed by atoms with Gasteiger partial charge in [-0.2, -0.15) is 5.26 Å². The van der Waals surface area contributed by atoms with Crippen molar-refractivity contribution in [2.45, 2.75) is 6.04 Å². The van der Waals surface area contributed by atoms with E-state index in [4.69, 9.17) is 5.26 Å². The Hall–Kier alpha value is -1.45. The van der Waals surface area contributed by atoms with E-state index in [-0.39, 0.29) is 11.9 Å². The Morgan fingerprint density at radius 2 is 2.67 bits per heavy atom. The van der Waals surface area contributed by atoms with Crippen LogP contribution < -0.4 is 5.32 Å². The fourth-order valence-corrected chi connectivity index (χ4v) is 2.10. The van der Waals surface area contributed by atoms with Gasteiger partial charge in [0.25, 0.3) is 5.91 Å². The highest BCUT2D eigenvalue weighted by molar-refractivity contribution is 7.11. The van der Waals surface area contributed by atoms with Gasteiger partial charge in [0.05, 0.1) is 17.8 Å². The monoisotopic (exact) mass is 222 g/mol. The van der Waals surface area contributed by atoms with Crippen molar-refractivity contribution in [1.29, 1.82) is 5.26 Å². The summed E-state index contributed by atoms with van der Waals surface area (Å²) in [4.78, 5) is 18.0. The largest absolute Gasteiger partial charge is 0.319 e. The van der Waals surface area contributed by atoms with Crippen molar-refractivity contribution in [3.8, 4) is 6.07 Å². The second kappa shape index (κ2) is 4.38. The van der Waals surface area contributed by atoms with Crippen LogP contribution >= 0.6 is 11.3 Å². The molecule has 6 heteroatoms. The number of carbonyl (C=O) groups is 1. The summed E-state index contributed by atoms with van der Waals surface area (Å²) in [6.07, 6.45) is 1.55. The number of thiazole rings is 1. The molecule has 15 heavy (non-hydrogen) atoms. The Labute approximate surface area is 91.3 Å². The number of piperazine rings is 1. The van der Waals surface area contributed by atoms with E-state index in [1.165, 1.54) is 11.3 Å². The van der Waals surface area contributed by atoms with Gasteiger partial charge in [-0.1, -0.05) is 0 Å². The summed E-state index contributed by atoms with van der Waals surface area (Å²) in [5.41, 5.74) is 1.62. The van der Waals surface area contributed by atoms with Crippen LogP contribution in [-0.2, 0) is 0 Å². The van der Waals surface area contributed by atoms with Gasteiger partial charge in [-0.15, -0.1) is 11.3 Å². The van der Waals surface area contributed by atoms with Crippen molar-refractivity contribution in [3.05, 3.63) is 16.6 Å². The summed E-state index contributed by atoms with van der Waals surface area (Å²) in [6.45, 7) is 1.86.